The number of aliphatic hydroxyl groups is 1. The lowest BCUT2D eigenvalue weighted by Crippen LogP contribution is -2.60. The minimum Gasteiger partial charge on any atom is -0.489 e. The number of amides is 3. The summed E-state index contributed by atoms with van der Waals surface area (Å²) in [6.45, 7) is 4.43. The minimum absolute atomic E-state index is 0.0886. The van der Waals surface area contributed by atoms with Gasteiger partial charge in [-0.15, -0.1) is 0 Å². The van der Waals surface area contributed by atoms with Gasteiger partial charge in [0, 0.05) is 26.6 Å². The number of ether oxygens (including phenoxy) is 1. The first kappa shape index (κ1) is 30.5. The maximum atomic E-state index is 13.7. The number of nitrogens with zero attached hydrogens (tertiary/aromatic N) is 1. The number of carbonyl (C=O) groups is 3. The van der Waals surface area contributed by atoms with Crippen LogP contribution < -0.4 is 20.7 Å². The third-order valence-corrected chi connectivity index (χ3v) is 7.99. The van der Waals surface area contributed by atoms with E-state index in [1.807, 2.05) is 37.3 Å². The van der Waals surface area contributed by atoms with Crippen LogP contribution >= 0.6 is 0 Å². The number of hydrogen-bond acceptors (Lipinski definition) is 6. The van der Waals surface area contributed by atoms with Crippen LogP contribution in [0.3, 0.4) is 0 Å². The summed E-state index contributed by atoms with van der Waals surface area (Å²) >= 11 is 0. The highest BCUT2D eigenvalue weighted by Crippen LogP contribution is 2.32. The molecule has 2 bridgehead atoms. The molecule has 0 aromatic heterocycles. The molecule has 222 valence electrons. The van der Waals surface area contributed by atoms with E-state index in [0.29, 0.717) is 25.9 Å². The molecule has 2 aliphatic heterocycles. The molecule has 5 atom stereocenters. The van der Waals surface area contributed by atoms with Crippen LogP contribution in [0.25, 0.3) is 0 Å². The normalized spacial score (nSPS) is 25.3. The lowest BCUT2D eigenvalue weighted by atomic mass is 9.96. The van der Waals surface area contributed by atoms with Gasteiger partial charge in [-0.3, -0.25) is 14.4 Å². The van der Waals surface area contributed by atoms with Crippen LogP contribution in [0.5, 0.6) is 5.75 Å². The molecule has 9 nitrogen and oxygen atoms in total. The fraction of sp³-hybridized carbons (Fsp3) is 0.531. The van der Waals surface area contributed by atoms with Crippen LogP contribution in [0.15, 0.2) is 48.5 Å². The van der Waals surface area contributed by atoms with Crippen molar-refractivity contribution < 1.29 is 24.2 Å². The van der Waals surface area contributed by atoms with E-state index in [0.717, 1.165) is 42.6 Å². The molecule has 2 aliphatic rings. The fourth-order valence-corrected chi connectivity index (χ4v) is 5.78. The molecular formula is C32H44N4O5. The summed E-state index contributed by atoms with van der Waals surface area (Å²) in [7, 11) is 1.54. The zero-order valence-electron chi connectivity index (χ0n) is 24.4. The number of benzene rings is 2. The zero-order valence-corrected chi connectivity index (χ0v) is 24.4. The molecule has 0 radical (unpaired) electrons. The van der Waals surface area contributed by atoms with Crippen molar-refractivity contribution >= 4 is 17.7 Å². The van der Waals surface area contributed by atoms with Crippen LogP contribution in [0.1, 0.15) is 56.2 Å². The Kier molecular flexibility index (Phi) is 10.8. The minimum atomic E-state index is -1.16. The summed E-state index contributed by atoms with van der Waals surface area (Å²) in [5, 5.41) is 19.9. The number of rotatable bonds is 5. The van der Waals surface area contributed by atoms with Crippen molar-refractivity contribution in [3.05, 3.63) is 65.2 Å². The number of likely N-dealkylation sites (N-methyl/N-ethyl adjacent to an activating group) is 1. The Hall–Kier alpha value is -3.43. The first-order valence-corrected chi connectivity index (χ1v) is 14.9. The number of nitrogens with one attached hydrogen (secondary N) is 3. The number of hydrogen-bond donors (Lipinski definition) is 4. The summed E-state index contributed by atoms with van der Waals surface area (Å²) in [4.78, 5) is 41.9. The largest absolute Gasteiger partial charge is 0.489 e. The lowest BCUT2D eigenvalue weighted by molar-refractivity contribution is -0.145. The van der Waals surface area contributed by atoms with Gasteiger partial charge in [-0.2, -0.15) is 0 Å². The predicted molar refractivity (Wildman–Crippen MR) is 158 cm³/mol. The van der Waals surface area contributed by atoms with E-state index < -0.39 is 30.1 Å². The van der Waals surface area contributed by atoms with E-state index in [1.165, 1.54) is 24.4 Å². The van der Waals surface area contributed by atoms with Crippen molar-refractivity contribution in [1.82, 2.24) is 20.9 Å². The Bertz CT molecular complexity index is 1190. The summed E-state index contributed by atoms with van der Waals surface area (Å²) in [6, 6.07) is 13.1. The van der Waals surface area contributed by atoms with E-state index in [-0.39, 0.29) is 24.3 Å². The molecule has 2 heterocycles. The van der Waals surface area contributed by atoms with Crippen LogP contribution in [-0.2, 0) is 33.6 Å². The highest BCUT2D eigenvalue weighted by molar-refractivity contribution is 5.93. The van der Waals surface area contributed by atoms with Gasteiger partial charge in [-0.05, 0) is 55.7 Å². The topological polar surface area (TPSA) is 120 Å². The van der Waals surface area contributed by atoms with E-state index in [9.17, 15) is 19.5 Å². The molecule has 3 unspecified atom stereocenters. The van der Waals surface area contributed by atoms with E-state index >= 15 is 0 Å². The van der Waals surface area contributed by atoms with Gasteiger partial charge in [-0.25, -0.2) is 0 Å². The second kappa shape index (κ2) is 14.5. The standard InChI is InChI=1S/C32H44N4O5/c1-4-10-26-32(40)36(3)28(21(2)37)31(39)35-27(19-22-11-6-5-7-12-22)30(38)33-18-9-15-23-13-8-14-24-16-17-25(20-34-26)41-29(23)24/h5-8,11-14,21,25-28,34,37H,4,9-10,15-20H2,1-3H3,(H,33,38)(H,35,39)/t21?,25?,26?,27-,28+/m1/s1. The molecule has 3 amide bonds. The summed E-state index contributed by atoms with van der Waals surface area (Å²) in [5.74, 6) is -0.245. The number of fused-ring (bicyclic) bond motifs is 1. The lowest BCUT2D eigenvalue weighted by Gasteiger charge is -2.34. The molecule has 2 aromatic rings. The van der Waals surface area contributed by atoms with Gasteiger partial charge in [0.2, 0.25) is 17.7 Å². The second-order valence-electron chi connectivity index (χ2n) is 11.2. The predicted octanol–water partition coefficient (Wildman–Crippen LogP) is 2.14. The van der Waals surface area contributed by atoms with Crippen molar-refractivity contribution in [3.8, 4) is 5.75 Å². The smallest absolute Gasteiger partial charge is 0.246 e. The quantitative estimate of drug-likeness (QED) is 0.442. The highest BCUT2D eigenvalue weighted by Gasteiger charge is 2.36. The van der Waals surface area contributed by atoms with E-state index in [1.54, 1.807) is 0 Å². The molecule has 0 fully saturated rings. The molecule has 0 aliphatic carbocycles. The third kappa shape index (κ3) is 7.86. The van der Waals surface area contributed by atoms with Crippen molar-refractivity contribution in [2.45, 2.75) is 89.1 Å². The van der Waals surface area contributed by atoms with Crippen molar-refractivity contribution in [1.29, 1.82) is 0 Å². The SMILES string of the molecule is CCCC1NCC2CCc3cccc(c3O2)CCCNC(=O)[C@@H](Cc2ccccc2)NC(=O)[C@H](C(C)O)N(C)C1=O. The Labute approximate surface area is 243 Å². The molecule has 0 saturated heterocycles. The van der Waals surface area contributed by atoms with Crippen LogP contribution in [0.2, 0.25) is 0 Å². The summed E-state index contributed by atoms with van der Waals surface area (Å²) in [6.07, 6.45) is 3.57. The summed E-state index contributed by atoms with van der Waals surface area (Å²) in [5.41, 5.74) is 3.18. The molecule has 41 heavy (non-hydrogen) atoms. The Morgan fingerprint density at radius 3 is 2.44 bits per heavy atom. The molecule has 4 N–H and O–H groups in total. The van der Waals surface area contributed by atoms with E-state index in [2.05, 4.69) is 34.1 Å². The first-order valence-electron chi connectivity index (χ1n) is 14.9. The van der Waals surface area contributed by atoms with Crippen molar-refractivity contribution in [3.63, 3.8) is 0 Å². The number of para-hydroxylation sites is 1. The van der Waals surface area contributed by atoms with Crippen LogP contribution in [0.4, 0.5) is 0 Å². The average molecular weight is 565 g/mol. The number of aliphatic hydroxyl groups excluding tert-OH is 1. The van der Waals surface area contributed by atoms with Crippen LogP contribution in [-0.4, -0.2) is 78.2 Å². The van der Waals surface area contributed by atoms with Gasteiger partial charge in [0.25, 0.3) is 0 Å². The molecule has 4 rings (SSSR count). The second-order valence-corrected chi connectivity index (χ2v) is 11.2. The highest BCUT2D eigenvalue weighted by atomic mass is 16.5. The van der Waals surface area contributed by atoms with Crippen molar-refractivity contribution in [2.75, 3.05) is 20.1 Å². The van der Waals surface area contributed by atoms with Gasteiger partial charge in [0.1, 0.15) is 23.9 Å². The Morgan fingerprint density at radius 1 is 1.00 bits per heavy atom. The van der Waals surface area contributed by atoms with Crippen LogP contribution in [0, 0.1) is 0 Å². The molecule has 2 aromatic carbocycles. The van der Waals surface area contributed by atoms with Gasteiger partial charge in [-0.1, -0.05) is 61.9 Å². The van der Waals surface area contributed by atoms with Gasteiger partial charge >= 0.3 is 0 Å². The average Bonchev–Trinajstić information content (AvgIpc) is 2.96. The fourth-order valence-electron chi connectivity index (χ4n) is 5.78. The first-order chi connectivity index (χ1) is 19.8. The monoisotopic (exact) mass is 564 g/mol. The molecule has 9 heteroatoms. The Morgan fingerprint density at radius 2 is 1.73 bits per heavy atom. The third-order valence-electron chi connectivity index (χ3n) is 7.99. The van der Waals surface area contributed by atoms with Gasteiger partial charge in [0.15, 0.2) is 0 Å². The van der Waals surface area contributed by atoms with E-state index in [4.69, 9.17) is 4.74 Å². The molecular weight excluding hydrogens is 520 g/mol. The Balaban J connectivity index is 1.63. The summed E-state index contributed by atoms with van der Waals surface area (Å²) < 4.78 is 6.45. The van der Waals surface area contributed by atoms with Crippen molar-refractivity contribution in [2.24, 2.45) is 0 Å². The van der Waals surface area contributed by atoms with Gasteiger partial charge < -0.3 is 30.7 Å². The van der Waals surface area contributed by atoms with Gasteiger partial charge in [0.05, 0.1) is 12.1 Å². The zero-order chi connectivity index (χ0) is 29.4. The molecule has 0 spiro atoms. The maximum Gasteiger partial charge on any atom is 0.246 e. The maximum absolute atomic E-state index is 13.7. The number of carbonyl (C=O) groups excluding carboxylic acids is 3. The number of aryl methyl sites for hydroxylation is 2. The molecule has 0 saturated carbocycles.